The topological polar surface area (TPSA) is 26.3 Å². The quantitative estimate of drug-likeness (QED) is 0.716. The van der Waals surface area contributed by atoms with E-state index in [-0.39, 0.29) is 29.6 Å². The van der Waals surface area contributed by atoms with E-state index in [1.807, 2.05) is 0 Å². The molecule has 0 saturated heterocycles. The van der Waals surface area contributed by atoms with Gasteiger partial charge in [-0.1, -0.05) is 29.8 Å². The predicted molar refractivity (Wildman–Crippen MR) is 79.7 cm³/mol. The lowest BCUT2D eigenvalue weighted by Gasteiger charge is -2.09. The molecule has 0 unspecified atom stereocenters. The summed E-state index contributed by atoms with van der Waals surface area (Å²) in [5.74, 6) is -1.23. The molecule has 0 heterocycles. The van der Waals surface area contributed by atoms with Gasteiger partial charge in [-0.25, -0.2) is 8.78 Å². The minimum absolute atomic E-state index is 0.0492. The number of Topliss-reactive ketones (excluding diaryl/α,β-unsaturated/α-hetero) is 1. The predicted octanol–water partition coefficient (Wildman–Crippen LogP) is 4.57. The van der Waals surface area contributed by atoms with Gasteiger partial charge in [0.05, 0.1) is 9.50 Å². The van der Waals surface area contributed by atoms with Gasteiger partial charge >= 0.3 is 0 Å². The molecule has 0 radical (unpaired) electrons. The third-order valence-corrected chi connectivity index (χ3v) is 3.62. The molecule has 2 rings (SSSR count). The van der Waals surface area contributed by atoms with E-state index in [2.05, 4.69) is 15.9 Å². The van der Waals surface area contributed by atoms with E-state index in [0.29, 0.717) is 10.0 Å². The van der Waals surface area contributed by atoms with Gasteiger partial charge in [-0.05, 0) is 33.6 Å². The highest BCUT2D eigenvalue weighted by molar-refractivity contribution is 9.10. The van der Waals surface area contributed by atoms with Crippen molar-refractivity contribution < 1.29 is 18.3 Å². The summed E-state index contributed by atoms with van der Waals surface area (Å²) in [6.45, 7) is -0.284. The third kappa shape index (κ3) is 4.25. The Kier molecular flexibility index (Phi) is 5.31. The van der Waals surface area contributed by atoms with Crippen LogP contribution in [0, 0.1) is 11.6 Å². The average molecular weight is 376 g/mol. The summed E-state index contributed by atoms with van der Waals surface area (Å²) in [4.78, 5) is 11.8. The zero-order valence-electron chi connectivity index (χ0n) is 10.7. The smallest absolute Gasteiger partial charge is 0.174 e. The fourth-order valence-electron chi connectivity index (χ4n) is 1.68. The Balaban J connectivity index is 1.99. The van der Waals surface area contributed by atoms with Crippen molar-refractivity contribution in [2.45, 2.75) is 6.42 Å². The molecule has 21 heavy (non-hydrogen) atoms. The molecule has 0 aliphatic rings. The highest BCUT2D eigenvalue weighted by Gasteiger charge is 2.12. The number of carbonyl (C=O) groups excluding carboxylic acids is 1. The van der Waals surface area contributed by atoms with Gasteiger partial charge in [-0.2, -0.15) is 0 Å². The van der Waals surface area contributed by atoms with Crippen molar-refractivity contribution in [3.8, 4) is 5.75 Å². The van der Waals surface area contributed by atoms with Crippen molar-refractivity contribution in [2.75, 3.05) is 6.61 Å². The Labute approximate surface area is 133 Å². The zero-order chi connectivity index (χ0) is 15.4. The van der Waals surface area contributed by atoms with Crippen molar-refractivity contribution in [3.63, 3.8) is 0 Å². The van der Waals surface area contributed by atoms with Crippen LogP contribution in [0.5, 0.6) is 5.75 Å². The molecule has 0 amide bonds. The van der Waals surface area contributed by atoms with Crippen LogP contribution in [0.3, 0.4) is 0 Å². The molecule has 0 aliphatic carbocycles. The Bertz CT molecular complexity index is 677. The number of carbonyl (C=O) groups is 1. The molecule has 2 nitrogen and oxygen atoms in total. The van der Waals surface area contributed by atoms with E-state index < -0.39 is 11.6 Å². The van der Waals surface area contributed by atoms with Crippen molar-refractivity contribution in [2.24, 2.45) is 0 Å². The summed E-state index contributed by atoms with van der Waals surface area (Å²) in [7, 11) is 0. The van der Waals surface area contributed by atoms with Crippen LogP contribution in [0.2, 0.25) is 5.02 Å². The van der Waals surface area contributed by atoms with E-state index >= 15 is 0 Å². The second-order valence-corrected chi connectivity index (χ2v) is 5.55. The second-order valence-electron chi connectivity index (χ2n) is 4.29. The van der Waals surface area contributed by atoms with Gasteiger partial charge in [-0.3, -0.25) is 4.79 Å². The molecule has 2 aromatic rings. The van der Waals surface area contributed by atoms with Crippen LogP contribution < -0.4 is 4.74 Å². The maximum absolute atomic E-state index is 13.4. The molecule has 2 aromatic carbocycles. The van der Waals surface area contributed by atoms with Gasteiger partial charge in [0, 0.05) is 12.5 Å². The van der Waals surface area contributed by atoms with E-state index in [9.17, 15) is 13.6 Å². The normalized spacial score (nSPS) is 10.5. The monoisotopic (exact) mass is 374 g/mol. The first-order valence-corrected chi connectivity index (χ1v) is 7.17. The Morgan fingerprint density at radius 1 is 1.19 bits per heavy atom. The van der Waals surface area contributed by atoms with Gasteiger partial charge in [0.1, 0.15) is 24.0 Å². The molecular weight excluding hydrogens is 366 g/mol. The standard InChI is InChI=1S/C15H10BrClF2O2/c16-11-6-12(17)14(19)7-15(11)21-8-10(20)5-9-3-1-2-4-13(9)18/h1-4,6-7H,5,8H2. The van der Waals surface area contributed by atoms with E-state index in [4.69, 9.17) is 16.3 Å². The van der Waals surface area contributed by atoms with Crippen LogP contribution in [-0.4, -0.2) is 12.4 Å². The first-order chi connectivity index (χ1) is 9.97. The number of rotatable bonds is 5. The molecule has 110 valence electrons. The minimum Gasteiger partial charge on any atom is -0.485 e. The fraction of sp³-hybridized carbons (Fsp3) is 0.133. The van der Waals surface area contributed by atoms with Crippen LogP contribution in [0.25, 0.3) is 0 Å². The molecule has 6 heteroatoms. The Morgan fingerprint density at radius 2 is 1.90 bits per heavy atom. The third-order valence-electron chi connectivity index (χ3n) is 2.71. The average Bonchev–Trinajstić information content (AvgIpc) is 2.44. The lowest BCUT2D eigenvalue weighted by molar-refractivity contribution is -0.120. The first kappa shape index (κ1) is 15.9. The van der Waals surface area contributed by atoms with Gasteiger partial charge < -0.3 is 4.74 Å². The van der Waals surface area contributed by atoms with Crippen LogP contribution >= 0.6 is 27.5 Å². The summed E-state index contributed by atoms with van der Waals surface area (Å²) in [5.41, 5.74) is 0.299. The van der Waals surface area contributed by atoms with Gasteiger partial charge in [-0.15, -0.1) is 0 Å². The largest absolute Gasteiger partial charge is 0.485 e. The summed E-state index contributed by atoms with van der Waals surface area (Å²) in [6.07, 6.45) is -0.0830. The van der Waals surface area contributed by atoms with Gasteiger partial charge in [0.15, 0.2) is 5.78 Å². The van der Waals surface area contributed by atoms with Crippen LogP contribution in [0.1, 0.15) is 5.56 Å². The first-order valence-electron chi connectivity index (χ1n) is 6.00. The van der Waals surface area contributed by atoms with Crippen molar-refractivity contribution in [1.29, 1.82) is 0 Å². The van der Waals surface area contributed by atoms with E-state index in [1.54, 1.807) is 12.1 Å². The SMILES string of the molecule is O=C(COc1cc(F)c(Cl)cc1Br)Cc1ccccc1F. The summed E-state index contributed by atoms with van der Waals surface area (Å²) in [5, 5.41) is -0.0492. The number of hydrogen-bond donors (Lipinski definition) is 0. The lowest BCUT2D eigenvalue weighted by atomic mass is 10.1. The molecule has 0 aromatic heterocycles. The highest BCUT2D eigenvalue weighted by atomic mass is 79.9. The summed E-state index contributed by atoms with van der Waals surface area (Å²) in [6, 6.07) is 8.45. The maximum Gasteiger partial charge on any atom is 0.174 e. The van der Waals surface area contributed by atoms with Gasteiger partial charge in [0.2, 0.25) is 0 Å². The number of halogens is 4. The second kappa shape index (κ2) is 7.00. The van der Waals surface area contributed by atoms with Crippen LogP contribution in [0.4, 0.5) is 8.78 Å². The molecule has 0 aliphatic heterocycles. The van der Waals surface area contributed by atoms with Crippen molar-refractivity contribution in [3.05, 3.63) is 63.1 Å². The number of benzene rings is 2. The summed E-state index contributed by atoms with van der Waals surface area (Å²) < 4.78 is 32.4. The van der Waals surface area contributed by atoms with E-state index in [1.165, 1.54) is 18.2 Å². The maximum atomic E-state index is 13.4. The lowest BCUT2D eigenvalue weighted by Crippen LogP contribution is -2.14. The zero-order valence-corrected chi connectivity index (χ0v) is 13.0. The molecule has 0 spiro atoms. The van der Waals surface area contributed by atoms with Crippen LogP contribution in [0.15, 0.2) is 40.9 Å². The number of ether oxygens (including phenoxy) is 1. The van der Waals surface area contributed by atoms with Crippen molar-refractivity contribution >= 4 is 33.3 Å². The summed E-state index contributed by atoms with van der Waals surface area (Å²) >= 11 is 8.77. The highest BCUT2D eigenvalue weighted by Crippen LogP contribution is 2.30. The number of ketones is 1. The fourth-order valence-corrected chi connectivity index (χ4v) is 2.43. The molecule has 0 bridgehead atoms. The number of hydrogen-bond acceptors (Lipinski definition) is 2. The van der Waals surface area contributed by atoms with Crippen molar-refractivity contribution in [1.82, 2.24) is 0 Å². The van der Waals surface area contributed by atoms with E-state index in [0.717, 1.165) is 6.07 Å². The Morgan fingerprint density at radius 3 is 2.62 bits per heavy atom. The molecular formula is C15H10BrClF2O2. The molecule has 0 atom stereocenters. The minimum atomic E-state index is -0.642. The van der Waals surface area contributed by atoms with Crippen LogP contribution in [-0.2, 0) is 11.2 Å². The molecule has 0 fully saturated rings. The molecule has 0 N–H and O–H groups in total. The molecule has 0 saturated carbocycles. The van der Waals surface area contributed by atoms with Gasteiger partial charge in [0.25, 0.3) is 0 Å². The Hall–Kier alpha value is -1.46.